The molecule has 3 aliphatic rings. The van der Waals surface area contributed by atoms with Crippen LogP contribution in [0.3, 0.4) is 0 Å². The molecule has 0 bridgehead atoms. The summed E-state index contributed by atoms with van der Waals surface area (Å²) in [6.07, 6.45) is 10.7. The molecule has 6 aromatic carbocycles. The number of rotatable bonds is 10. The Kier molecular flexibility index (Phi) is 18.0. The van der Waals surface area contributed by atoms with Gasteiger partial charge in [0.15, 0.2) is 18.4 Å². The van der Waals surface area contributed by atoms with E-state index in [0.29, 0.717) is 46.1 Å². The van der Waals surface area contributed by atoms with Crippen LogP contribution >= 0.6 is 22.7 Å². The van der Waals surface area contributed by atoms with Crippen LogP contribution in [0.2, 0.25) is 0 Å². The van der Waals surface area contributed by atoms with Crippen LogP contribution in [0.5, 0.6) is 0 Å². The van der Waals surface area contributed by atoms with Gasteiger partial charge in [0.25, 0.3) is 0 Å². The summed E-state index contributed by atoms with van der Waals surface area (Å²) in [6, 6.07) is 74.7. The number of hydrogen-bond donors (Lipinski definition) is 0. The lowest BCUT2D eigenvalue weighted by Gasteiger charge is -2.21. The van der Waals surface area contributed by atoms with Gasteiger partial charge in [0.1, 0.15) is 17.1 Å². The number of aromatic nitrogens is 3. The maximum atomic E-state index is 14.1. The van der Waals surface area contributed by atoms with E-state index in [4.69, 9.17) is 15.0 Å². The first kappa shape index (κ1) is 57.8. The number of benzene rings is 6. The minimum absolute atomic E-state index is 0. The van der Waals surface area contributed by atoms with Crippen molar-refractivity contribution in [3.63, 3.8) is 0 Å². The SMILES string of the molecule is C.O=C1/C(=C/c2ccc(/C=C3\CCc4c(-c5ccccc5)cc(-c5ccccc5)nc4C3=O)s2)CCc2c(-c3ccccc3)cc(-c3ccccc3)nc21.O=C1CCCc2c(-c3ccccc3)cc(-c3ccccc3)nc21.O=Cc1ccc(C=O)s1. The lowest BCUT2D eigenvalue weighted by Crippen LogP contribution is -2.18. The van der Waals surface area contributed by atoms with Crippen LogP contribution < -0.4 is 0 Å². The molecular formula is C76H59N3O5S2. The van der Waals surface area contributed by atoms with E-state index in [1.165, 1.54) is 11.3 Å². The summed E-state index contributed by atoms with van der Waals surface area (Å²) in [6.45, 7) is 0. The van der Waals surface area contributed by atoms with Gasteiger partial charge in [-0.2, -0.15) is 0 Å². The summed E-state index contributed by atoms with van der Waals surface area (Å²) in [4.78, 5) is 78.5. The number of thiophene rings is 2. The van der Waals surface area contributed by atoms with Gasteiger partial charge in [0.2, 0.25) is 11.6 Å². The van der Waals surface area contributed by atoms with Gasteiger partial charge in [-0.1, -0.05) is 189 Å². The highest BCUT2D eigenvalue weighted by Crippen LogP contribution is 2.40. The molecule has 420 valence electrons. The predicted molar refractivity (Wildman–Crippen MR) is 350 cm³/mol. The Hall–Kier alpha value is -10.0. The Morgan fingerprint density at radius 1 is 0.326 bits per heavy atom. The quantitative estimate of drug-likeness (QED) is 0.0979. The lowest BCUT2D eigenvalue weighted by molar-refractivity contribution is 0.0965. The standard InChI is InChI=1S/C48H34N2O2S.C21H17NO.C6H4O2S.CH4/c51-47-35(21-25-39-41(31-13-5-1-6-14-31)29-43(49-45(39)47)33-17-9-3-10-18-33)27-37-23-24-38(53-37)28-36-22-26-40-42(32-15-7-2-8-16-32)30-44(50-46(40)48(36)52)34-19-11-4-12-20-34;23-20-13-7-12-17-18(15-8-3-1-4-9-15)14-19(22-21(17)20)16-10-5-2-6-11-16;7-3-5-1-2-6(4-8)9-5;/h1-20,23-24,27-30H,21-22,25-26H2;1-6,8-11,14H,7,12-13H2;1-4H;1H4/b35-27+,36-28+;;;. The molecule has 0 saturated carbocycles. The van der Waals surface area contributed by atoms with E-state index >= 15 is 0 Å². The van der Waals surface area contributed by atoms with Crippen LogP contribution in [0.1, 0.15) is 110 Å². The molecule has 5 aromatic heterocycles. The van der Waals surface area contributed by atoms with Crippen LogP contribution in [0, 0.1) is 0 Å². The maximum Gasteiger partial charge on any atom is 0.207 e. The minimum Gasteiger partial charge on any atom is -0.297 e. The first-order chi connectivity index (χ1) is 41.8. The largest absolute Gasteiger partial charge is 0.297 e. The first-order valence-electron chi connectivity index (χ1n) is 28.4. The molecule has 0 N–H and O–H groups in total. The smallest absolute Gasteiger partial charge is 0.207 e. The molecule has 0 saturated heterocycles. The second-order valence-electron chi connectivity index (χ2n) is 20.8. The molecule has 0 fully saturated rings. The third-order valence-electron chi connectivity index (χ3n) is 15.4. The highest BCUT2D eigenvalue weighted by Gasteiger charge is 2.30. The third-order valence-corrected chi connectivity index (χ3v) is 17.3. The minimum atomic E-state index is -0.0249. The fourth-order valence-corrected chi connectivity index (χ4v) is 12.8. The average molecular weight is 1160 g/mol. The van der Waals surface area contributed by atoms with Crippen LogP contribution in [0.4, 0.5) is 0 Å². The molecule has 3 aliphatic carbocycles. The Morgan fingerprint density at radius 2 is 0.628 bits per heavy atom. The van der Waals surface area contributed by atoms with Crippen molar-refractivity contribution in [1.29, 1.82) is 0 Å². The summed E-state index contributed by atoms with van der Waals surface area (Å²) in [5.41, 5.74) is 18.4. The van der Waals surface area contributed by atoms with Gasteiger partial charge in [-0.3, -0.25) is 24.0 Å². The lowest BCUT2D eigenvalue weighted by atomic mass is 9.84. The Labute approximate surface area is 509 Å². The number of ketones is 3. The van der Waals surface area contributed by atoms with Gasteiger partial charge in [-0.25, -0.2) is 15.0 Å². The first-order valence-corrected chi connectivity index (χ1v) is 30.0. The highest BCUT2D eigenvalue weighted by atomic mass is 32.1. The number of aldehydes is 2. The molecular weight excluding hydrogens is 1100 g/mol. The predicted octanol–water partition coefficient (Wildman–Crippen LogP) is 18.6. The Bertz CT molecular complexity index is 4140. The van der Waals surface area contributed by atoms with Crippen molar-refractivity contribution in [1.82, 2.24) is 15.0 Å². The van der Waals surface area contributed by atoms with Crippen LogP contribution in [0.15, 0.2) is 236 Å². The van der Waals surface area contributed by atoms with Crippen molar-refractivity contribution >= 4 is 64.7 Å². The molecule has 0 aliphatic heterocycles. The van der Waals surface area contributed by atoms with E-state index in [9.17, 15) is 24.0 Å². The molecule has 0 atom stereocenters. The zero-order chi connectivity index (χ0) is 58.1. The Morgan fingerprint density at radius 3 is 0.965 bits per heavy atom. The fraction of sp³-hybridized carbons (Fsp3) is 0.105. The number of nitrogens with zero attached hydrogens (tertiary/aromatic N) is 3. The molecule has 5 heterocycles. The van der Waals surface area contributed by atoms with Crippen molar-refractivity contribution in [3.8, 4) is 67.2 Å². The summed E-state index contributed by atoms with van der Waals surface area (Å²) in [5.74, 6) is 0.118. The third kappa shape index (κ3) is 12.7. The number of allylic oxidation sites excluding steroid dienone is 2. The topological polar surface area (TPSA) is 124 Å². The van der Waals surface area contributed by atoms with Crippen LogP contribution in [0.25, 0.3) is 79.3 Å². The molecule has 0 spiro atoms. The normalized spacial score (nSPS) is 14.1. The van der Waals surface area contributed by atoms with Gasteiger partial charge in [-0.15, -0.1) is 22.7 Å². The molecule has 10 heteroatoms. The highest BCUT2D eigenvalue weighted by molar-refractivity contribution is 7.15. The number of Topliss-reactive ketones (excluding diaryl/α,β-unsaturated/α-hetero) is 3. The van der Waals surface area contributed by atoms with Crippen molar-refractivity contribution in [2.75, 3.05) is 0 Å². The summed E-state index contributed by atoms with van der Waals surface area (Å²) in [5, 5.41) is 0. The second kappa shape index (κ2) is 26.7. The molecule has 11 aromatic rings. The second-order valence-corrected chi connectivity index (χ2v) is 23.1. The van der Waals surface area contributed by atoms with Gasteiger partial charge >= 0.3 is 0 Å². The zero-order valence-electron chi connectivity index (χ0n) is 46.3. The summed E-state index contributed by atoms with van der Waals surface area (Å²) >= 11 is 2.79. The molecule has 0 unspecified atom stereocenters. The average Bonchev–Trinajstić information content (AvgIpc) is 3.36. The van der Waals surface area contributed by atoms with E-state index in [-0.39, 0.29) is 24.8 Å². The van der Waals surface area contributed by atoms with Crippen LogP contribution in [-0.4, -0.2) is 44.9 Å². The zero-order valence-corrected chi connectivity index (χ0v) is 48.0. The van der Waals surface area contributed by atoms with E-state index in [1.807, 2.05) is 170 Å². The fourth-order valence-electron chi connectivity index (χ4n) is 11.2. The number of pyridine rings is 3. The van der Waals surface area contributed by atoms with Gasteiger partial charge < -0.3 is 0 Å². The van der Waals surface area contributed by atoms with Crippen molar-refractivity contribution in [2.45, 2.75) is 52.4 Å². The Balaban J connectivity index is 0.000000190. The number of carbonyl (C=O) groups is 5. The molecule has 0 amide bonds. The van der Waals surface area contributed by atoms with Crippen LogP contribution in [-0.2, 0) is 19.3 Å². The molecule has 14 rings (SSSR count). The van der Waals surface area contributed by atoms with Crippen molar-refractivity contribution in [2.24, 2.45) is 0 Å². The van der Waals surface area contributed by atoms with E-state index in [0.717, 1.165) is 143 Å². The van der Waals surface area contributed by atoms with Crippen molar-refractivity contribution < 1.29 is 24.0 Å². The number of fused-ring (bicyclic) bond motifs is 3. The molecule has 86 heavy (non-hydrogen) atoms. The van der Waals surface area contributed by atoms with E-state index < -0.39 is 0 Å². The maximum absolute atomic E-state index is 14.1. The monoisotopic (exact) mass is 1160 g/mol. The molecule has 0 radical (unpaired) electrons. The van der Waals surface area contributed by atoms with Gasteiger partial charge in [0.05, 0.1) is 26.8 Å². The number of carbonyl (C=O) groups excluding carboxylic acids is 5. The van der Waals surface area contributed by atoms with Crippen molar-refractivity contribution in [3.05, 3.63) is 289 Å². The summed E-state index contributed by atoms with van der Waals surface area (Å²) in [7, 11) is 0. The summed E-state index contributed by atoms with van der Waals surface area (Å²) < 4.78 is 0. The number of hydrogen-bond acceptors (Lipinski definition) is 10. The van der Waals surface area contributed by atoms with Gasteiger partial charge in [-0.05, 0) is 143 Å². The van der Waals surface area contributed by atoms with E-state index in [2.05, 4.69) is 54.6 Å². The molecule has 8 nitrogen and oxygen atoms in total. The van der Waals surface area contributed by atoms with Gasteiger partial charge in [0, 0.05) is 44.0 Å². The van der Waals surface area contributed by atoms with E-state index in [1.54, 1.807) is 23.5 Å².